The van der Waals surface area contributed by atoms with Crippen LogP contribution in [0.4, 0.5) is 0 Å². The Balaban J connectivity index is 0.000000246. The minimum absolute atomic E-state index is 0.989. The summed E-state index contributed by atoms with van der Waals surface area (Å²) >= 11 is 9.72. The molecule has 0 bridgehead atoms. The highest BCUT2D eigenvalue weighted by Gasteiger charge is 1.82. The second-order valence-corrected chi connectivity index (χ2v) is 5.01. The van der Waals surface area contributed by atoms with Gasteiger partial charge in [-0.15, -0.1) is 0 Å². The molecule has 2 aromatic heterocycles. The third-order valence-corrected chi connectivity index (χ3v) is 3.59. The van der Waals surface area contributed by atoms with E-state index in [2.05, 4.69) is 62.7 Å². The van der Waals surface area contributed by atoms with Crippen molar-refractivity contribution < 1.29 is 0 Å². The van der Waals surface area contributed by atoms with Crippen LogP contribution >= 0.6 is 47.8 Å². The minimum Gasteiger partial charge on any atom is -0.351 e. The first kappa shape index (κ1) is 16.9. The largest absolute Gasteiger partial charge is 0.351 e. The summed E-state index contributed by atoms with van der Waals surface area (Å²) in [6.45, 7) is 1.00. The molecule has 17 heavy (non-hydrogen) atoms. The second kappa shape index (κ2) is 13.9. The molecule has 2 aromatic rings. The molecule has 1 N–H and O–H groups in total. The Bertz CT molecular complexity index is 291. The molecular weight excluding hydrogens is 416 g/mol. The molecule has 0 aliphatic rings. The fraction of sp³-hybridized carbons (Fsp3) is 0.400. The standard InChI is InChI=1S/C5H7BrN2.C3H4N2.C2H4Br2/c6-1-3-8-4-2-7-5-8;1-2-5-3-4-1;3-1-2-4/h2,4-5H,1,3H2;1-3H,(H,4,5);1-2H2. The van der Waals surface area contributed by atoms with Gasteiger partial charge >= 0.3 is 0 Å². The molecule has 0 spiro atoms. The van der Waals surface area contributed by atoms with Gasteiger partial charge in [-0.1, -0.05) is 47.8 Å². The van der Waals surface area contributed by atoms with Crippen molar-refractivity contribution in [3.05, 3.63) is 37.4 Å². The van der Waals surface area contributed by atoms with Gasteiger partial charge in [-0.05, 0) is 0 Å². The number of nitrogens with zero attached hydrogens (tertiary/aromatic N) is 3. The lowest BCUT2D eigenvalue weighted by atomic mass is 10.7. The Morgan fingerprint density at radius 1 is 1.00 bits per heavy atom. The second-order valence-electron chi connectivity index (χ2n) is 2.63. The van der Waals surface area contributed by atoms with Crippen molar-refractivity contribution in [3.63, 3.8) is 0 Å². The average Bonchev–Trinajstić information content (AvgIpc) is 3.05. The van der Waals surface area contributed by atoms with Crippen molar-refractivity contribution >= 4 is 47.8 Å². The zero-order valence-corrected chi connectivity index (χ0v) is 14.0. The van der Waals surface area contributed by atoms with Gasteiger partial charge in [0.2, 0.25) is 0 Å². The van der Waals surface area contributed by atoms with Gasteiger partial charge in [-0.3, -0.25) is 0 Å². The fourth-order valence-electron chi connectivity index (χ4n) is 0.732. The monoisotopic (exact) mass is 428 g/mol. The molecule has 0 aromatic carbocycles. The zero-order chi connectivity index (χ0) is 12.8. The number of aryl methyl sites for hydroxylation is 1. The van der Waals surface area contributed by atoms with Crippen LogP contribution in [0.15, 0.2) is 37.4 Å². The molecule has 0 aliphatic heterocycles. The Kier molecular flexibility index (Phi) is 13.8. The van der Waals surface area contributed by atoms with Crippen LogP contribution in [0.1, 0.15) is 0 Å². The smallest absolute Gasteiger partial charge is 0.0946 e. The Hall–Kier alpha value is -0.140. The van der Waals surface area contributed by atoms with Crippen molar-refractivity contribution in [1.29, 1.82) is 0 Å². The highest BCUT2D eigenvalue weighted by Crippen LogP contribution is 1.87. The van der Waals surface area contributed by atoms with Gasteiger partial charge in [0.25, 0.3) is 0 Å². The summed E-state index contributed by atoms with van der Waals surface area (Å²) in [6, 6.07) is 0. The number of aromatic nitrogens is 4. The number of aromatic amines is 1. The van der Waals surface area contributed by atoms with Gasteiger partial charge in [-0.25, -0.2) is 9.97 Å². The first-order chi connectivity index (χ1) is 8.35. The topological polar surface area (TPSA) is 46.5 Å². The SMILES string of the molecule is BrCCBr.BrCCn1ccnc1.c1c[nH]cn1. The van der Waals surface area contributed by atoms with Crippen LogP contribution in [0.2, 0.25) is 0 Å². The Labute approximate surface area is 127 Å². The molecule has 0 atom stereocenters. The van der Waals surface area contributed by atoms with Gasteiger partial charge in [0.15, 0.2) is 0 Å². The number of nitrogens with one attached hydrogen (secondary N) is 1. The van der Waals surface area contributed by atoms with Crippen LogP contribution in [-0.4, -0.2) is 35.5 Å². The van der Waals surface area contributed by atoms with Crippen molar-refractivity contribution in [1.82, 2.24) is 19.5 Å². The fourth-order valence-corrected chi connectivity index (χ4v) is 1.14. The van der Waals surface area contributed by atoms with Crippen molar-refractivity contribution in [3.8, 4) is 0 Å². The normalized spacial score (nSPS) is 8.65. The maximum Gasteiger partial charge on any atom is 0.0946 e. The lowest BCUT2D eigenvalue weighted by Crippen LogP contribution is -1.93. The quantitative estimate of drug-likeness (QED) is 0.758. The molecule has 0 amide bonds. The number of rotatable bonds is 3. The van der Waals surface area contributed by atoms with Crippen LogP contribution in [0.5, 0.6) is 0 Å². The van der Waals surface area contributed by atoms with Gasteiger partial charge in [0.05, 0.1) is 12.7 Å². The predicted octanol–water partition coefficient (Wildman–Crippen LogP) is 3.46. The van der Waals surface area contributed by atoms with E-state index in [0.717, 1.165) is 22.5 Å². The Morgan fingerprint density at radius 3 is 2.06 bits per heavy atom. The number of hydrogen-bond acceptors (Lipinski definition) is 2. The van der Waals surface area contributed by atoms with E-state index in [-0.39, 0.29) is 0 Å². The molecule has 0 saturated carbocycles. The average molecular weight is 431 g/mol. The first-order valence-electron chi connectivity index (χ1n) is 4.91. The number of H-pyrrole nitrogens is 1. The van der Waals surface area contributed by atoms with Crippen molar-refractivity contribution in [2.75, 3.05) is 16.0 Å². The first-order valence-corrected chi connectivity index (χ1v) is 8.28. The summed E-state index contributed by atoms with van der Waals surface area (Å²) in [5.41, 5.74) is 0. The van der Waals surface area contributed by atoms with E-state index in [0.29, 0.717) is 0 Å². The molecule has 2 heterocycles. The molecule has 0 aliphatic carbocycles. The molecule has 0 unspecified atom stereocenters. The molecule has 0 saturated heterocycles. The summed E-state index contributed by atoms with van der Waals surface area (Å²) < 4.78 is 2.02. The lowest BCUT2D eigenvalue weighted by molar-refractivity contribution is 0.774. The van der Waals surface area contributed by atoms with E-state index in [1.54, 1.807) is 31.2 Å². The van der Waals surface area contributed by atoms with Gasteiger partial charge in [0.1, 0.15) is 0 Å². The highest BCUT2D eigenvalue weighted by atomic mass is 79.9. The van der Waals surface area contributed by atoms with Crippen LogP contribution < -0.4 is 0 Å². The Morgan fingerprint density at radius 2 is 1.76 bits per heavy atom. The molecule has 0 fully saturated rings. The molecule has 0 radical (unpaired) electrons. The molecule has 96 valence electrons. The number of halogens is 3. The number of hydrogen-bond donors (Lipinski definition) is 1. The van der Waals surface area contributed by atoms with E-state index < -0.39 is 0 Å². The minimum atomic E-state index is 0.989. The summed E-state index contributed by atoms with van der Waals surface area (Å²) in [5, 5.41) is 3.09. The maximum atomic E-state index is 3.88. The number of alkyl halides is 3. The summed E-state index contributed by atoms with van der Waals surface area (Å²) in [7, 11) is 0. The number of imidazole rings is 2. The van der Waals surface area contributed by atoms with Crippen molar-refractivity contribution in [2.24, 2.45) is 0 Å². The van der Waals surface area contributed by atoms with E-state index in [1.807, 2.05) is 10.8 Å². The lowest BCUT2D eigenvalue weighted by Gasteiger charge is -1.92. The molecule has 7 heteroatoms. The van der Waals surface area contributed by atoms with Crippen LogP contribution in [0, 0.1) is 0 Å². The molecule has 4 nitrogen and oxygen atoms in total. The predicted molar refractivity (Wildman–Crippen MR) is 82.2 cm³/mol. The van der Waals surface area contributed by atoms with Crippen LogP contribution in [-0.2, 0) is 6.54 Å². The van der Waals surface area contributed by atoms with E-state index >= 15 is 0 Å². The molecule has 2 rings (SSSR count). The van der Waals surface area contributed by atoms with E-state index in [1.165, 1.54) is 0 Å². The summed E-state index contributed by atoms with van der Waals surface area (Å²) in [4.78, 5) is 10.3. The van der Waals surface area contributed by atoms with Crippen molar-refractivity contribution in [2.45, 2.75) is 6.54 Å². The zero-order valence-electron chi connectivity index (χ0n) is 9.27. The molecular formula is C10H15Br3N4. The third kappa shape index (κ3) is 12.1. The van der Waals surface area contributed by atoms with E-state index in [4.69, 9.17) is 0 Å². The summed E-state index contributed by atoms with van der Waals surface area (Å²) in [6.07, 6.45) is 10.6. The van der Waals surface area contributed by atoms with E-state index in [9.17, 15) is 0 Å². The maximum absolute atomic E-state index is 3.88. The highest BCUT2D eigenvalue weighted by molar-refractivity contribution is 9.12. The summed E-state index contributed by atoms with van der Waals surface area (Å²) in [5.74, 6) is 0. The third-order valence-electron chi connectivity index (χ3n) is 1.38. The van der Waals surface area contributed by atoms with Gasteiger partial charge < -0.3 is 9.55 Å². The van der Waals surface area contributed by atoms with Crippen LogP contribution in [0.3, 0.4) is 0 Å². The van der Waals surface area contributed by atoms with Crippen LogP contribution in [0.25, 0.3) is 0 Å². The van der Waals surface area contributed by atoms with Gasteiger partial charge in [0, 0.05) is 47.3 Å². The van der Waals surface area contributed by atoms with Gasteiger partial charge in [-0.2, -0.15) is 0 Å².